The number of benzene rings is 1. The molecule has 0 bridgehead atoms. The predicted molar refractivity (Wildman–Crippen MR) is 98.5 cm³/mol. The quantitative estimate of drug-likeness (QED) is 0.642. The second-order valence-corrected chi connectivity index (χ2v) is 6.59. The van der Waals surface area contributed by atoms with Crippen molar-refractivity contribution >= 4 is 21.8 Å². The summed E-state index contributed by atoms with van der Waals surface area (Å²) in [6.07, 6.45) is 1.98. The van der Waals surface area contributed by atoms with Gasteiger partial charge in [-0.25, -0.2) is 0 Å². The Hall–Kier alpha value is -2.74. The Balaban J connectivity index is 1.77. The van der Waals surface area contributed by atoms with Gasteiger partial charge in [0.1, 0.15) is 0 Å². The lowest BCUT2D eigenvalue weighted by Gasteiger charge is -2.18. The number of aromatic amines is 1. The van der Waals surface area contributed by atoms with Crippen LogP contribution < -0.4 is 10.9 Å². The number of H-pyrrole nitrogens is 1. The molecule has 134 valence electrons. The van der Waals surface area contributed by atoms with E-state index >= 15 is 0 Å². The van der Waals surface area contributed by atoms with Gasteiger partial charge in [0.15, 0.2) is 5.82 Å². The molecule has 26 heavy (non-hydrogen) atoms. The molecule has 0 fully saturated rings. The molecule has 0 aliphatic heterocycles. The molecule has 2 aromatic heterocycles. The number of carbonyl (C=O) groups is 1. The zero-order valence-electron chi connectivity index (χ0n) is 14.0. The summed E-state index contributed by atoms with van der Waals surface area (Å²) in [5.41, 5.74) is 1.28. The lowest BCUT2D eigenvalue weighted by Crippen LogP contribution is -2.31. The molecule has 0 aliphatic carbocycles. The van der Waals surface area contributed by atoms with E-state index in [4.69, 9.17) is 4.52 Å². The molecule has 1 amide bonds. The zero-order valence-corrected chi connectivity index (χ0v) is 15.6. The monoisotopic (exact) mass is 416 g/mol. The van der Waals surface area contributed by atoms with Crippen molar-refractivity contribution in [1.29, 1.82) is 0 Å². The summed E-state index contributed by atoms with van der Waals surface area (Å²) >= 11 is 3.22. The maximum absolute atomic E-state index is 12.5. The molecular weight excluding hydrogens is 400 g/mol. The third-order valence-corrected chi connectivity index (χ3v) is 4.69. The van der Waals surface area contributed by atoms with E-state index in [0.29, 0.717) is 28.2 Å². The van der Waals surface area contributed by atoms with Gasteiger partial charge < -0.3 is 14.8 Å². The average molecular weight is 417 g/mol. The van der Waals surface area contributed by atoms with E-state index in [1.165, 1.54) is 6.20 Å². The molecule has 0 radical (unpaired) electrons. The van der Waals surface area contributed by atoms with Crippen molar-refractivity contribution < 1.29 is 9.32 Å². The van der Waals surface area contributed by atoms with Crippen LogP contribution in [0.15, 0.2) is 56.4 Å². The Kier molecular flexibility index (Phi) is 5.62. The molecule has 3 rings (SSSR count). The lowest BCUT2D eigenvalue weighted by molar-refractivity contribution is -0.121. The molecule has 0 saturated heterocycles. The van der Waals surface area contributed by atoms with Gasteiger partial charge in [0.05, 0.1) is 23.4 Å². The first-order chi connectivity index (χ1) is 12.5. The summed E-state index contributed by atoms with van der Waals surface area (Å²) < 4.78 is 5.55. The number of nitrogens with zero attached hydrogens (tertiary/aromatic N) is 2. The van der Waals surface area contributed by atoms with Crippen molar-refractivity contribution in [3.05, 3.63) is 80.3 Å². The van der Waals surface area contributed by atoms with Crippen molar-refractivity contribution in [2.24, 2.45) is 0 Å². The van der Waals surface area contributed by atoms with E-state index < -0.39 is 0 Å². The van der Waals surface area contributed by atoms with E-state index in [0.717, 1.165) is 5.56 Å². The van der Waals surface area contributed by atoms with Crippen molar-refractivity contribution in [3.8, 4) is 0 Å². The van der Waals surface area contributed by atoms with Gasteiger partial charge in [-0.15, -0.1) is 0 Å². The lowest BCUT2D eigenvalue weighted by atomic mass is 10.0. The number of amides is 1. The Morgan fingerprint density at radius 2 is 2.08 bits per heavy atom. The number of pyridine rings is 1. The van der Waals surface area contributed by atoms with Crippen LogP contribution in [-0.2, 0) is 17.6 Å². The molecule has 0 saturated carbocycles. The number of rotatable bonds is 6. The molecular formula is C18H17BrN4O3. The fourth-order valence-electron chi connectivity index (χ4n) is 2.59. The normalized spacial score (nSPS) is 11.9. The highest BCUT2D eigenvalue weighted by molar-refractivity contribution is 9.10. The second-order valence-electron chi connectivity index (χ2n) is 5.79. The summed E-state index contributed by atoms with van der Waals surface area (Å²) in [4.78, 5) is 31.0. The number of carbonyl (C=O) groups excluding carboxylic acids is 1. The summed E-state index contributed by atoms with van der Waals surface area (Å²) in [6, 6.07) is 11.0. The highest BCUT2D eigenvalue weighted by Crippen LogP contribution is 2.18. The molecule has 0 spiro atoms. The van der Waals surface area contributed by atoms with Gasteiger partial charge in [-0.3, -0.25) is 9.59 Å². The Bertz CT molecular complexity index is 952. The first-order valence-corrected chi connectivity index (χ1v) is 8.82. The third-order valence-electron chi connectivity index (χ3n) is 3.82. The SMILES string of the molecule is Cc1noc(CC(NC(=O)Cc2cc[nH]c(=O)c2Br)c2ccccc2)n1. The number of hydrogen-bond acceptors (Lipinski definition) is 5. The first kappa shape index (κ1) is 18.1. The largest absolute Gasteiger partial charge is 0.348 e. The number of aromatic nitrogens is 3. The van der Waals surface area contributed by atoms with Crippen molar-refractivity contribution in [1.82, 2.24) is 20.4 Å². The van der Waals surface area contributed by atoms with Gasteiger partial charge in [-0.2, -0.15) is 4.98 Å². The van der Waals surface area contributed by atoms with Crippen LogP contribution in [-0.4, -0.2) is 21.0 Å². The van der Waals surface area contributed by atoms with E-state index in [1.807, 2.05) is 30.3 Å². The van der Waals surface area contributed by atoms with E-state index in [2.05, 4.69) is 36.4 Å². The van der Waals surface area contributed by atoms with Crippen LogP contribution in [0.5, 0.6) is 0 Å². The summed E-state index contributed by atoms with van der Waals surface area (Å²) in [5.74, 6) is 0.793. The average Bonchev–Trinajstić information content (AvgIpc) is 3.04. The van der Waals surface area contributed by atoms with Gasteiger partial charge in [-0.1, -0.05) is 35.5 Å². The van der Waals surface area contributed by atoms with Crippen LogP contribution in [0.25, 0.3) is 0 Å². The van der Waals surface area contributed by atoms with Crippen LogP contribution in [0.1, 0.15) is 28.9 Å². The third kappa shape index (κ3) is 4.45. The molecule has 1 unspecified atom stereocenters. The number of hydrogen-bond donors (Lipinski definition) is 2. The minimum Gasteiger partial charge on any atom is -0.348 e. The summed E-state index contributed by atoms with van der Waals surface area (Å²) in [6.45, 7) is 1.74. The number of nitrogens with one attached hydrogen (secondary N) is 2. The Labute approximate surface area is 158 Å². The fraction of sp³-hybridized carbons (Fsp3) is 0.222. The number of halogens is 1. The van der Waals surface area contributed by atoms with Crippen LogP contribution in [0.3, 0.4) is 0 Å². The second kappa shape index (κ2) is 8.09. The minimum atomic E-state index is -0.315. The molecule has 1 aromatic carbocycles. The molecule has 8 heteroatoms. The van der Waals surface area contributed by atoms with Crippen LogP contribution in [0.2, 0.25) is 0 Å². The van der Waals surface area contributed by atoms with Gasteiger partial charge in [-0.05, 0) is 40.0 Å². The fourth-order valence-corrected chi connectivity index (χ4v) is 2.98. The first-order valence-electron chi connectivity index (χ1n) is 8.02. The van der Waals surface area contributed by atoms with Crippen molar-refractivity contribution in [3.63, 3.8) is 0 Å². The predicted octanol–water partition coefficient (Wildman–Crippen LogP) is 2.47. The Morgan fingerprint density at radius 3 is 2.77 bits per heavy atom. The van der Waals surface area contributed by atoms with Crippen LogP contribution >= 0.6 is 15.9 Å². The summed E-state index contributed by atoms with van der Waals surface area (Å²) in [5, 5.41) is 6.77. The van der Waals surface area contributed by atoms with E-state index in [9.17, 15) is 9.59 Å². The van der Waals surface area contributed by atoms with Gasteiger partial charge in [0, 0.05) is 6.20 Å². The standard InChI is InChI=1S/C18H17BrN4O3/c1-11-21-16(26-23-11)10-14(12-5-3-2-4-6-12)22-15(24)9-13-7-8-20-18(25)17(13)19/h2-8,14H,9-10H2,1H3,(H,20,25)(H,22,24). The molecule has 2 heterocycles. The molecule has 0 aliphatic rings. The highest BCUT2D eigenvalue weighted by Gasteiger charge is 2.19. The summed E-state index contributed by atoms with van der Waals surface area (Å²) in [7, 11) is 0. The number of aryl methyl sites for hydroxylation is 1. The molecule has 3 aromatic rings. The van der Waals surface area contributed by atoms with Gasteiger partial charge in [0.2, 0.25) is 11.8 Å². The van der Waals surface area contributed by atoms with Gasteiger partial charge in [0.25, 0.3) is 5.56 Å². The van der Waals surface area contributed by atoms with E-state index in [1.54, 1.807) is 13.0 Å². The highest BCUT2D eigenvalue weighted by atomic mass is 79.9. The zero-order chi connectivity index (χ0) is 18.5. The van der Waals surface area contributed by atoms with Gasteiger partial charge >= 0.3 is 0 Å². The minimum absolute atomic E-state index is 0.0801. The van der Waals surface area contributed by atoms with Crippen molar-refractivity contribution in [2.45, 2.75) is 25.8 Å². The Morgan fingerprint density at radius 1 is 1.31 bits per heavy atom. The van der Waals surface area contributed by atoms with Crippen LogP contribution in [0, 0.1) is 6.92 Å². The maximum atomic E-state index is 12.5. The van der Waals surface area contributed by atoms with E-state index in [-0.39, 0.29) is 23.9 Å². The smallest absolute Gasteiger partial charge is 0.262 e. The maximum Gasteiger partial charge on any atom is 0.262 e. The molecule has 2 N–H and O–H groups in total. The molecule has 7 nitrogen and oxygen atoms in total. The molecule has 1 atom stereocenters. The van der Waals surface area contributed by atoms with Crippen LogP contribution in [0.4, 0.5) is 0 Å². The topological polar surface area (TPSA) is 101 Å². The van der Waals surface area contributed by atoms with Crippen molar-refractivity contribution in [2.75, 3.05) is 0 Å².